The van der Waals surface area contributed by atoms with E-state index in [9.17, 15) is 4.79 Å². The highest BCUT2D eigenvalue weighted by atomic mass is 16.1. The average molecular weight is 284 g/mol. The van der Waals surface area contributed by atoms with E-state index in [4.69, 9.17) is 5.73 Å². The highest BCUT2D eigenvalue weighted by Gasteiger charge is 2.19. The van der Waals surface area contributed by atoms with Crippen LogP contribution in [0.25, 0.3) is 11.3 Å². The summed E-state index contributed by atoms with van der Waals surface area (Å²) in [6.07, 6.45) is 2.58. The molecule has 1 aromatic heterocycles. The smallest absolute Gasteiger partial charge is 0.252 e. The number of nitrogens with two attached hydrogens (primary N) is 1. The van der Waals surface area contributed by atoms with Crippen LogP contribution in [0.5, 0.6) is 0 Å². The zero-order valence-electron chi connectivity index (χ0n) is 12.2. The van der Waals surface area contributed by atoms with Gasteiger partial charge in [0.1, 0.15) is 0 Å². The molecule has 5 heteroatoms. The average Bonchev–Trinajstić information content (AvgIpc) is 3.00. The van der Waals surface area contributed by atoms with Crippen molar-refractivity contribution in [2.24, 2.45) is 0 Å². The van der Waals surface area contributed by atoms with E-state index in [0.717, 1.165) is 5.56 Å². The highest BCUT2D eigenvalue weighted by Crippen LogP contribution is 2.26. The third-order valence-corrected chi connectivity index (χ3v) is 4.14. The number of benzene rings is 1. The molecule has 1 fully saturated rings. The fraction of sp³-hybridized carbons (Fsp3) is 0.375. The number of aromatic nitrogens is 2. The standard InChI is InChI=1S/C16H20N4O/c1-11(20-8-2-3-9-20)12-4-6-13(7-5-12)14-10-15(21)19-16(17)18-14/h4-7,10-11H,2-3,8-9H2,1H3,(H3,17,18,19,21). The van der Waals surface area contributed by atoms with E-state index in [1.54, 1.807) is 0 Å². The number of rotatable bonds is 3. The quantitative estimate of drug-likeness (QED) is 0.906. The molecule has 1 atom stereocenters. The highest BCUT2D eigenvalue weighted by molar-refractivity contribution is 5.60. The van der Waals surface area contributed by atoms with Crippen LogP contribution in [0.3, 0.4) is 0 Å². The number of hydrogen-bond donors (Lipinski definition) is 2. The van der Waals surface area contributed by atoms with Crippen molar-refractivity contribution in [2.75, 3.05) is 18.8 Å². The molecule has 3 rings (SSSR count). The Morgan fingerprint density at radius 3 is 2.52 bits per heavy atom. The van der Waals surface area contributed by atoms with Crippen LogP contribution in [0, 0.1) is 0 Å². The summed E-state index contributed by atoms with van der Waals surface area (Å²) in [6.45, 7) is 4.59. The van der Waals surface area contributed by atoms with E-state index in [1.807, 2.05) is 12.1 Å². The normalized spacial score (nSPS) is 17.0. The Labute approximate surface area is 123 Å². The summed E-state index contributed by atoms with van der Waals surface area (Å²) in [7, 11) is 0. The number of aromatic amines is 1. The molecule has 1 aliphatic rings. The van der Waals surface area contributed by atoms with Crippen molar-refractivity contribution in [1.29, 1.82) is 0 Å². The van der Waals surface area contributed by atoms with E-state index in [2.05, 4.69) is 33.9 Å². The minimum Gasteiger partial charge on any atom is -0.369 e. The molecule has 3 N–H and O–H groups in total. The Kier molecular flexibility index (Phi) is 3.75. The molecule has 2 heterocycles. The lowest BCUT2D eigenvalue weighted by Crippen LogP contribution is -2.23. The number of nitrogen functional groups attached to an aromatic ring is 1. The van der Waals surface area contributed by atoms with Crippen molar-refractivity contribution < 1.29 is 0 Å². The van der Waals surface area contributed by atoms with Crippen LogP contribution in [-0.4, -0.2) is 28.0 Å². The Morgan fingerprint density at radius 2 is 1.90 bits per heavy atom. The number of nitrogens with zero attached hydrogens (tertiary/aromatic N) is 2. The van der Waals surface area contributed by atoms with E-state index in [-0.39, 0.29) is 11.5 Å². The molecule has 0 radical (unpaired) electrons. The summed E-state index contributed by atoms with van der Waals surface area (Å²) in [5, 5.41) is 0. The van der Waals surface area contributed by atoms with E-state index >= 15 is 0 Å². The maximum absolute atomic E-state index is 11.5. The summed E-state index contributed by atoms with van der Waals surface area (Å²) in [5.41, 5.74) is 8.16. The van der Waals surface area contributed by atoms with Crippen LogP contribution in [-0.2, 0) is 0 Å². The molecule has 2 aromatic rings. The fourth-order valence-electron chi connectivity index (χ4n) is 2.90. The number of likely N-dealkylation sites (tertiary alicyclic amines) is 1. The maximum Gasteiger partial charge on any atom is 0.252 e. The predicted molar refractivity (Wildman–Crippen MR) is 83.9 cm³/mol. The Hall–Kier alpha value is -2.14. The number of anilines is 1. The molecule has 5 nitrogen and oxygen atoms in total. The maximum atomic E-state index is 11.5. The molecule has 1 saturated heterocycles. The first-order valence-electron chi connectivity index (χ1n) is 7.35. The molecule has 0 amide bonds. The van der Waals surface area contributed by atoms with Crippen molar-refractivity contribution in [2.45, 2.75) is 25.8 Å². The minimum atomic E-state index is -0.230. The lowest BCUT2D eigenvalue weighted by molar-refractivity contribution is 0.263. The second kappa shape index (κ2) is 5.69. The van der Waals surface area contributed by atoms with Crippen molar-refractivity contribution >= 4 is 5.95 Å². The Bertz CT molecular complexity index is 671. The first-order chi connectivity index (χ1) is 10.1. The van der Waals surface area contributed by atoms with Crippen LogP contribution < -0.4 is 11.3 Å². The van der Waals surface area contributed by atoms with Crippen LogP contribution >= 0.6 is 0 Å². The summed E-state index contributed by atoms with van der Waals surface area (Å²) in [6, 6.07) is 10.1. The van der Waals surface area contributed by atoms with Gasteiger partial charge in [0.2, 0.25) is 5.95 Å². The number of hydrogen-bond acceptors (Lipinski definition) is 4. The lowest BCUT2D eigenvalue weighted by atomic mass is 10.0. The van der Waals surface area contributed by atoms with Gasteiger partial charge in [0.05, 0.1) is 5.69 Å². The van der Waals surface area contributed by atoms with Crippen molar-refractivity contribution in [1.82, 2.24) is 14.9 Å². The van der Waals surface area contributed by atoms with Crippen molar-refractivity contribution in [3.05, 3.63) is 46.2 Å². The first kappa shape index (κ1) is 13.8. The van der Waals surface area contributed by atoms with Crippen LogP contribution in [0.1, 0.15) is 31.4 Å². The summed E-state index contributed by atoms with van der Waals surface area (Å²) in [4.78, 5) is 20.6. The van der Waals surface area contributed by atoms with E-state index in [1.165, 1.54) is 37.6 Å². The minimum absolute atomic E-state index is 0.145. The van der Waals surface area contributed by atoms with Crippen molar-refractivity contribution in [3.8, 4) is 11.3 Å². The van der Waals surface area contributed by atoms with Gasteiger partial charge < -0.3 is 5.73 Å². The molecule has 0 bridgehead atoms. The molecule has 0 saturated carbocycles. The van der Waals surface area contributed by atoms with Crippen LogP contribution in [0.15, 0.2) is 35.1 Å². The second-order valence-corrected chi connectivity index (χ2v) is 5.56. The third-order valence-electron chi connectivity index (χ3n) is 4.14. The molecule has 21 heavy (non-hydrogen) atoms. The van der Waals surface area contributed by atoms with Gasteiger partial charge in [0.15, 0.2) is 0 Å². The molecular formula is C16H20N4O. The van der Waals surface area contributed by atoms with E-state index < -0.39 is 0 Å². The van der Waals surface area contributed by atoms with Gasteiger partial charge in [-0.3, -0.25) is 14.7 Å². The van der Waals surface area contributed by atoms with Gasteiger partial charge in [-0.1, -0.05) is 24.3 Å². The van der Waals surface area contributed by atoms with Gasteiger partial charge in [0, 0.05) is 17.7 Å². The van der Waals surface area contributed by atoms with Crippen LogP contribution in [0.4, 0.5) is 5.95 Å². The monoisotopic (exact) mass is 284 g/mol. The largest absolute Gasteiger partial charge is 0.369 e. The Balaban J connectivity index is 1.84. The molecule has 0 aliphatic carbocycles. The fourth-order valence-corrected chi connectivity index (χ4v) is 2.90. The molecule has 110 valence electrons. The van der Waals surface area contributed by atoms with Gasteiger partial charge in [-0.2, -0.15) is 0 Å². The topological polar surface area (TPSA) is 75.0 Å². The second-order valence-electron chi connectivity index (χ2n) is 5.56. The predicted octanol–water partition coefficient (Wildman–Crippen LogP) is 2.18. The van der Waals surface area contributed by atoms with Crippen LogP contribution in [0.2, 0.25) is 0 Å². The molecular weight excluding hydrogens is 264 g/mol. The van der Waals surface area contributed by atoms with Crippen molar-refractivity contribution in [3.63, 3.8) is 0 Å². The number of nitrogens with one attached hydrogen (secondary N) is 1. The van der Waals surface area contributed by atoms with Gasteiger partial charge in [-0.25, -0.2) is 4.98 Å². The van der Waals surface area contributed by atoms with Gasteiger partial charge in [-0.15, -0.1) is 0 Å². The molecule has 1 unspecified atom stereocenters. The number of H-pyrrole nitrogens is 1. The Morgan fingerprint density at radius 1 is 1.24 bits per heavy atom. The third kappa shape index (κ3) is 2.97. The zero-order valence-corrected chi connectivity index (χ0v) is 12.2. The molecule has 1 aliphatic heterocycles. The van der Waals surface area contributed by atoms with Gasteiger partial charge in [-0.05, 0) is 38.4 Å². The summed E-state index contributed by atoms with van der Waals surface area (Å²) >= 11 is 0. The van der Waals surface area contributed by atoms with Gasteiger partial charge >= 0.3 is 0 Å². The summed E-state index contributed by atoms with van der Waals surface area (Å²) in [5.74, 6) is 0.145. The summed E-state index contributed by atoms with van der Waals surface area (Å²) < 4.78 is 0. The zero-order chi connectivity index (χ0) is 14.8. The molecule has 1 aromatic carbocycles. The van der Waals surface area contributed by atoms with E-state index in [0.29, 0.717) is 11.7 Å². The first-order valence-corrected chi connectivity index (χ1v) is 7.35. The lowest BCUT2D eigenvalue weighted by Gasteiger charge is -2.24. The molecule has 0 spiro atoms. The van der Waals surface area contributed by atoms with Gasteiger partial charge in [0.25, 0.3) is 5.56 Å². The SMILES string of the molecule is CC(c1ccc(-c2cc(=O)[nH]c(N)n2)cc1)N1CCCC1.